The summed E-state index contributed by atoms with van der Waals surface area (Å²) in [6.07, 6.45) is -2.05. The van der Waals surface area contributed by atoms with Crippen molar-refractivity contribution < 1.29 is 24.5 Å². The van der Waals surface area contributed by atoms with Crippen LogP contribution in [0.5, 0.6) is 11.5 Å². The highest BCUT2D eigenvalue weighted by Gasteiger charge is 2.26. The zero-order valence-electron chi connectivity index (χ0n) is 15.3. The largest absolute Gasteiger partial charge is 0.504 e. The minimum atomic E-state index is -1.01. The van der Waals surface area contributed by atoms with Gasteiger partial charge in [-0.25, -0.2) is 4.79 Å². The first-order valence-corrected chi connectivity index (χ1v) is 9.00. The topological polar surface area (TPSA) is 116 Å². The van der Waals surface area contributed by atoms with Gasteiger partial charge in [0.2, 0.25) is 5.91 Å². The Morgan fingerprint density at radius 2 is 1.68 bits per heavy atom. The van der Waals surface area contributed by atoms with Crippen LogP contribution in [0, 0.1) is 0 Å². The van der Waals surface area contributed by atoms with E-state index in [4.69, 9.17) is 10.5 Å². The SMILES string of the molecule is NC(=O)OC(CC(=O)N1CCN(c2ccccc2)CC1)c1ccc(O)c(O)c1. The summed E-state index contributed by atoms with van der Waals surface area (Å²) in [5, 5.41) is 19.1. The van der Waals surface area contributed by atoms with Crippen molar-refractivity contribution in [1.82, 2.24) is 4.90 Å². The normalized spacial score (nSPS) is 15.1. The van der Waals surface area contributed by atoms with Gasteiger partial charge in [-0.1, -0.05) is 24.3 Å². The Morgan fingerprint density at radius 1 is 1.00 bits per heavy atom. The highest BCUT2D eigenvalue weighted by Crippen LogP contribution is 2.31. The number of amides is 2. The van der Waals surface area contributed by atoms with Gasteiger partial charge in [0.05, 0.1) is 6.42 Å². The van der Waals surface area contributed by atoms with Gasteiger partial charge in [-0.15, -0.1) is 0 Å². The molecule has 0 saturated carbocycles. The second-order valence-electron chi connectivity index (χ2n) is 6.58. The number of hydrogen-bond acceptors (Lipinski definition) is 6. The average Bonchev–Trinajstić information content (AvgIpc) is 2.70. The van der Waals surface area contributed by atoms with E-state index in [0.717, 1.165) is 5.69 Å². The standard InChI is InChI=1S/C20H23N3O5/c21-20(27)28-18(14-6-7-16(24)17(25)12-14)13-19(26)23-10-8-22(9-11-23)15-4-2-1-3-5-15/h1-7,12,18,24-25H,8-11,13H2,(H2,21,27). The van der Waals surface area contributed by atoms with Gasteiger partial charge >= 0.3 is 6.09 Å². The molecule has 3 rings (SSSR count). The van der Waals surface area contributed by atoms with Crippen molar-refractivity contribution in [2.75, 3.05) is 31.1 Å². The lowest BCUT2D eigenvalue weighted by atomic mass is 10.0. The molecule has 0 spiro atoms. The molecule has 0 radical (unpaired) electrons. The van der Waals surface area contributed by atoms with Crippen molar-refractivity contribution in [1.29, 1.82) is 0 Å². The molecule has 1 aliphatic heterocycles. The number of carbonyl (C=O) groups excluding carboxylic acids is 2. The average molecular weight is 385 g/mol. The zero-order valence-corrected chi connectivity index (χ0v) is 15.3. The van der Waals surface area contributed by atoms with Gasteiger partial charge in [0.1, 0.15) is 6.10 Å². The quantitative estimate of drug-likeness (QED) is 0.678. The van der Waals surface area contributed by atoms with Gasteiger partial charge in [0.25, 0.3) is 0 Å². The molecule has 28 heavy (non-hydrogen) atoms. The number of phenols is 2. The van der Waals surface area contributed by atoms with E-state index in [1.54, 1.807) is 4.90 Å². The first-order valence-electron chi connectivity index (χ1n) is 9.00. The van der Waals surface area contributed by atoms with Crippen LogP contribution in [0.2, 0.25) is 0 Å². The monoisotopic (exact) mass is 385 g/mol. The van der Waals surface area contributed by atoms with Crippen molar-refractivity contribution in [3.8, 4) is 11.5 Å². The van der Waals surface area contributed by atoms with Gasteiger partial charge in [-0.3, -0.25) is 4.79 Å². The molecule has 1 heterocycles. The van der Waals surface area contributed by atoms with E-state index in [9.17, 15) is 19.8 Å². The number of nitrogens with zero attached hydrogens (tertiary/aromatic N) is 2. The van der Waals surface area contributed by atoms with Crippen molar-refractivity contribution in [3.63, 3.8) is 0 Å². The minimum Gasteiger partial charge on any atom is -0.504 e. The second kappa shape index (κ2) is 8.51. The van der Waals surface area contributed by atoms with Gasteiger partial charge in [0, 0.05) is 31.9 Å². The molecular weight excluding hydrogens is 362 g/mol. The number of phenolic OH excluding ortho intramolecular Hbond substituents is 2. The van der Waals surface area contributed by atoms with E-state index < -0.39 is 12.2 Å². The van der Waals surface area contributed by atoms with Gasteiger partial charge < -0.3 is 30.5 Å². The Morgan fingerprint density at radius 3 is 2.29 bits per heavy atom. The lowest BCUT2D eigenvalue weighted by Gasteiger charge is -2.36. The van der Waals surface area contributed by atoms with E-state index in [1.807, 2.05) is 30.3 Å². The number of benzene rings is 2. The number of ether oxygens (including phenoxy) is 1. The maximum absolute atomic E-state index is 12.7. The molecule has 2 aromatic rings. The van der Waals surface area contributed by atoms with Gasteiger partial charge in [0.15, 0.2) is 11.5 Å². The number of aromatic hydroxyl groups is 2. The summed E-state index contributed by atoms with van der Waals surface area (Å²) < 4.78 is 5.07. The summed E-state index contributed by atoms with van der Waals surface area (Å²) in [7, 11) is 0. The van der Waals surface area contributed by atoms with Crippen LogP contribution >= 0.6 is 0 Å². The van der Waals surface area contributed by atoms with E-state index >= 15 is 0 Å². The van der Waals surface area contributed by atoms with Crippen molar-refractivity contribution in [2.45, 2.75) is 12.5 Å². The van der Waals surface area contributed by atoms with Gasteiger partial charge in [-0.2, -0.15) is 0 Å². The summed E-state index contributed by atoms with van der Waals surface area (Å²) in [6.45, 7) is 2.52. The maximum Gasteiger partial charge on any atom is 0.405 e. The maximum atomic E-state index is 12.7. The molecule has 8 nitrogen and oxygen atoms in total. The molecule has 0 aliphatic carbocycles. The number of para-hydroxylation sites is 1. The fraction of sp³-hybridized carbons (Fsp3) is 0.300. The van der Waals surface area contributed by atoms with Gasteiger partial charge in [-0.05, 0) is 29.8 Å². The van der Waals surface area contributed by atoms with Crippen LogP contribution in [0.15, 0.2) is 48.5 Å². The molecule has 2 aromatic carbocycles. The Hall–Kier alpha value is -3.42. The summed E-state index contributed by atoms with van der Waals surface area (Å²) in [6, 6.07) is 14.0. The minimum absolute atomic E-state index is 0.0987. The third kappa shape index (κ3) is 4.64. The fourth-order valence-electron chi connectivity index (χ4n) is 3.25. The Bertz CT molecular complexity index is 835. The van der Waals surface area contributed by atoms with Crippen LogP contribution in [0.4, 0.5) is 10.5 Å². The summed E-state index contributed by atoms with van der Waals surface area (Å²) in [5.41, 5.74) is 6.63. The van der Waals surface area contributed by atoms with Crippen LogP contribution in [-0.4, -0.2) is 53.3 Å². The number of nitrogens with two attached hydrogens (primary N) is 1. The molecule has 1 unspecified atom stereocenters. The smallest absolute Gasteiger partial charge is 0.405 e. The molecule has 0 aromatic heterocycles. The lowest BCUT2D eigenvalue weighted by Crippen LogP contribution is -2.49. The van der Waals surface area contributed by atoms with Crippen LogP contribution < -0.4 is 10.6 Å². The summed E-state index contributed by atoms with van der Waals surface area (Å²) >= 11 is 0. The highest BCUT2D eigenvalue weighted by molar-refractivity contribution is 5.78. The molecule has 4 N–H and O–H groups in total. The summed E-state index contributed by atoms with van der Waals surface area (Å²) in [5.74, 6) is -0.837. The molecular formula is C20H23N3O5. The number of rotatable bonds is 5. The molecule has 1 aliphatic rings. The molecule has 8 heteroatoms. The van der Waals surface area contributed by atoms with Crippen LogP contribution in [0.1, 0.15) is 18.1 Å². The third-order valence-electron chi connectivity index (χ3n) is 4.74. The first kappa shape index (κ1) is 19.3. The molecule has 2 amide bonds. The first-order chi connectivity index (χ1) is 13.4. The van der Waals surface area contributed by atoms with Crippen LogP contribution in [0.3, 0.4) is 0 Å². The number of carbonyl (C=O) groups is 2. The Balaban J connectivity index is 1.64. The van der Waals surface area contributed by atoms with Crippen molar-refractivity contribution in [2.24, 2.45) is 5.73 Å². The van der Waals surface area contributed by atoms with E-state index in [2.05, 4.69) is 4.90 Å². The van der Waals surface area contributed by atoms with E-state index in [1.165, 1.54) is 18.2 Å². The van der Waals surface area contributed by atoms with E-state index in [-0.39, 0.29) is 23.8 Å². The molecule has 1 saturated heterocycles. The second-order valence-corrected chi connectivity index (χ2v) is 6.58. The summed E-state index contributed by atoms with van der Waals surface area (Å²) in [4.78, 5) is 27.9. The molecule has 0 bridgehead atoms. The zero-order chi connectivity index (χ0) is 20.1. The number of primary amides is 1. The number of anilines is 1. The lowest BCUT2D eigenvalue weighted by molar-refractivity contribution is -0.133. The molecule has 1 atom stereocenters. The van der Waals surface area contributed by atoms with Crippen molar-refractivity contribution in [3.05, 3.63) is 54.1 Å². The molecule has 148 valence electrons. The number of hydrogen-bond donors (Lipinski definition) is 3. The van der Waals surface area contributed by atoms with Crippen LogP contribution in [-0.2, 0) is 9.53 Å². The predicted molar refractivity (Wildman–Crippen MR) is 103 cm³/mol. The highest BCUT2D eigenvalue weighted by atomic mass is 16.6. The van der Waals surface area contributed by atoms with E-state index in [0.29, 0.717) is 31.7 Å². The predicted octanol–water partition coefficient (Wildman–Crippen LogP) is 1.97. The molecule has 1 fully saturated rings. The Kier molecular flexibility index (Phi) is 5.88. The third-order valence-corrected chi connectivity index (χ3v) is 4.74. The fourth-order valence-corrected chi connectivity index (χ4v) is 3.25. The Labute approximate surface area is 162 Å². The number of piperazine rings is 1. The van der Waals surface area contributed by atoms with Crippen LogP contribution in [0.25, 0.3) is 0 Å². The van der Waals surface area contributed by atoms with Crippen molar-refractivity contribution >= 4 is 17.7 Å².